The molecule has 164 valence electrons. The monoisotopic (exact) mass is 466 g/mol. The van der Waals surface area contributed by atoms with Gasteiger partial charge in [0.05, 0.1) is 16.3 Å². The molecule has 2 aromatic rings. The van der Waals surface area contributed by atoms with Crippen molar-refractivity contribution in [3.63, 3.8) is 0 Å². The number of rotatable bonds is 2. The van der Waals surface area contributed by atoms with Gasteiger partial charge in [-0.25, -0.2) is 5.06 Å². The first-order chi connectivity index (χ1) is 15.1. The van der Waals surface area contributed by atoms with Crippen molar-refractivity contribution in [1.82, 2.24) is 5.06 Å². The van der Waals surface area contributed by atoms with Crippen LogP contribution in [-0.2, 0) is 15.4 Å². The molecule has 4 rings (SSSR count). The molecule has 2 aromatic carbocycles. The molecule has 1 aliphatic heterocycles. The highest BCUT2D eigenvalue weighted by Crippen LogP contribution is 2.34. The van der Waals surface area contributed by atoms with Crippen molar-refractivity contribution in [3.8, 4) is 0 Å². The maximum absolute atomic E-state index is 13.1. The number of hydrogen-bond donors (Lipinski definition) is 1. The summed E-state index contributed by atoms with van der Waals surface area (Å²) in [6.45, 7) is 6.19. The van der Waals surface area contributed by atoms with Crippen LogP contribution in [0.15, 0.2) is 92.9 Å². The Bertz CT molecular complexity index is 1330. The van der Waals surface area contributed by atoms with Gasteiger partial charge in [0.25, 0.3) is 10.0 Å². The van der Waals surface area contributed by atoms with Crippen molar-refractivity contribution in [2.45, 2.75) is 31.1 Å². The van der Waals surface area contributed by atoms with Crippen molar-refractivity contribution in [1.29, 1.82) is 0 Å². The fraction of sp³-hybridized carbons (Fsp3) is 0.160. The van der Waals surface area contributed by atoms with Gasteiger partial charge in [0.1, 0.15) is 0 Å². The van der Waals surface area contributed by atoms with Crippen LogP contribution in [0.4, 0.5) is 0 Å². The number of nitrogens with zero attached hydrogens (tertiary/aromatic N) is 2. The first-order valence-electron chi connectivity index (χ1n) is 10.1. The zero-order chi connectivity index (χ0) is 23.1. The SMILES string of the molecule is CC(C)(C)c1ccc(S(=O)(=O)N=C2C=CC(Cl)=CC2=C2c3ccccc3C=CN2O)cc1. The average molecular weight is 467 g/mol. The molecule has 1 aliphatic carbocycles. The highest BCUT2D eigenvalue weighted by molar-refractivity contribution is 7.90. The summed E-state index contributed by atoms with van der Waals surface area (Å²) in [5, 5.41) is 11.9. The van der Waals surface area contributed by atoms with Crippen LogP contribution in [0.3, 0.4) is 0 Å². The highest BCUT2D eigenvalue weighted by Gasteiger charge is 2.25. The summed E-state index contributed by atoms with van der Waals surface area (Å²) in [6.07, 6.45) is 8.00. The number of fused-ring (bicyclic) bond motifs is 1. The Morgan fingerprint density at radius 2 is 1.66 bits per heavy atom. The molecule has 1 N–H and O–H groups in total. The third kappa shape index (κ3) is 4.35. The number of allylic oxidation sites excluding steroid dienone is 5. The van der Waals surface area contributed by atoms with Gasteiger partial charge >= 0.3 is 0 Å². The second-order valence-corrected chi connectivity index (χ2v) is 10.6. The lowest BCUT2D eigenvalue weighted by molar-refractivity contribution is 0.0248. The summed E-state index contributed by atoms with van der Waals surface area (Å²) in [6, 6.07) is 14.2. The zero-order valence-corrected chi connectivity index (χ0v) is 19.5. The van der Waals surface area contributed by atoms with Gasteiger partial charge in [0.2, 0.25) is 0 Å². The van der Waals surface area contributed by atoms with E-state index in [4.69, 9.17) is 11.6 Å². The average Bonchev–Trinajstić information content (AvgIpc) is 2.74. The Kier molecular flexibility index (Phi) is 5.71. The van der Waals surface area contributed by atoms with E-state index < -0.39 is 10.0 Å². The lowest BCUT2D eigenvalue weighted by Gasteiger charge is -2.26. The maximum Gasteiger partial charge on any atom is 0.282 e. The standard InChI is InChI=1S/C25H23ClN2O3S/c1-25(2,3)18-8-11-20(12-9-18)32(30,31)27-23-13-10-19(26)16-22(23)24-21-7-5-4-6-17(21)14-15-28(24)29/h4-16,29H,1-3H3. The Balaban J connectivity index is 1.84. The summed E-state index contributed by atoms with van der Waals surface area (Å²) >= 11 is 6.24. The molecule has 5 nitrogen and oxygen atoms in total. The number of hydrogen-bond acceptors (Lipinski definition) is 4. The fourth-order valence-corrected chi connectivity index (χ4v) is 4.74. The van der Waals surface area contributed by atoms with Crippen LogP contribution in [0, 0.1) is 0 Å². The van der Waals surface area contributed by atoms with Gasteiger partial charge in [0.15, 0.2) is 0 Å². The molecule has 0 saturated heterocycles. The van der Waals surface area contributed by atoms with Crippen LogP contribution < -0.4 is 0 Å². The van der Waals surface area contributed by atoms with Gasteiger partial charge in [-0.1, -0.05) is 68.8 Å². The van der Waals surface area contributed by atoms with E-state index in [1.165, 1.54) is 6.20 Å². The predicted molar refractivity (Wildman–Crippen MR) is 129 cm³/mol. The van der Waals surface area contributed by atoms with Crippen molar-refractivity contribution >= 4 is 39.1 Å². The molecule has 0 fully saturated rings. The number of benzene rings is 2. The molecular formula is C25H23ClN2O3S. The zero-order valence-electron chi connectivity index (χ0n) is 17.9. The number of halogens is 1. The normalized spacial score (nSPS) is 19.8. The molecule has 0 radical (unpaired) electrons. The fourth-order valence-electron chi connectivity index (χ4n) is 3.56. The van der Waals surface area contributed by atoms with Crippen LogP contribution >= 0.6 is 11.6 Å². The molecule has 2 aliphatic rings. The lowest BCUT2D eigenvalue weighted by Crippen LogP contribution is -2.20. The van der Waals surface area contributed by atoms with Crippen LogP contribution in [0.5, 0.6) is 0 Å². The Hall–Kier alpha value is -2.93. The second-order valence-electron chi connectivity index (χ2n) is 8.60. The van der Waals surface area contributed by atoms with E-state index in [0.717, 1.165) is 21.8 Å². The van der Waals surface area contributed by atoms with Gasteiger partial charge in [-0.15, -0.1) is 0 Å². The summed E-state index contributed by atoms with van der Waals surface area (Å²) in [5.41, 5.74) is 3.57. The molecule has 0 bridgehead atoms. The van der Waals surface area contributed by atoms with E-state index >= 15 is 0 Å². The van der Waals surface area contributed by atoms with E-state index in [-0.39, 0.29) is 16.0 Å². The molecule has 32 heavy (non-hydrogen) atoms. The lowest BCUT2D eigenvalue weighted by atomic mass is 9.87. The number of sulfonamides is 1. The quantitative estimate of drug-likeness (QED) is 0.598. The van der Waals surface area contributed by atoms with Crippen LogP contribution in [0.1, 0.15) is 37.5 Å². The smallest absolute Gasteiger partial charge is 0.282 e. The van der Waals surface area contributed by atoms with Crippen LogP contribution in [0.25, 0.3) is 11.8 Å². The van der Waals surface area contributed by atoms with Gasteiger partial charge in [-0.2, -0.15) is 12.8 Å². The van der Waals surface area contributed by atoms with E-state index in [1.54, 1.807) is 48.6 Å². The Morgan fingerprint density at radius 1 is 0.969 bits per heavy atom. The maximum atomic E-state index is 13.1. The molecule has 0 amide bonds. The largest absolute Gasteiger partial charge is 0.284 e. The molecular weight excluding hydrogens is 444 g/mol. The van der Waals surface area contributed by atoms with E-state index in [2.05, 4.69) is 25.2 Å². The summed E-state index contributed by atoms with van der Waals surface area (Å²) in [7, 11) is -3.99. The first kappa shape index (κ1) is 22.3. The van der Waals surface area contributed by atoms with Crippen molar-refractivity contribution in [2.75, 3.05) is 0 Å². The first-order valence-corrected chi connectivity index (χ1v) is 11.9. The van der Waals surface area contributed by atoms with Gasteiger partial charge < -0.3 is 0 Å². The van der Waals surface area contributed by atoms with Crippen molar-refractivity contribution in [2.24, 2.45) is 4.40 Å². The minimum absolute atomic E-state index is 0.0914. The molecule has 0 saturated carbocycles. The minimum Gasteiger partial charge on any atom is -0.284 e. The van der Waals surface area contributed by atoms with Gasteiger partial charge in [0, 0.05) is 22.4 Å². The molecule has 7 heteroatoms. The highest BCUT2D eigenvalue weighted by atomic mass is 35.5. The third-order valence-electron chi connectivity index (χ3n) is 5.29. The van der Waals surface area contributed by atoms with Crippen molar-refractivity contribution < 1.29 is 13.6 Å². The van der Waals surface area contributed by atoms with E-state index in [1.807, 2.05) is 24.3 Å². The molecule has 1 heterocycles. The predicted octanol–water partition coefficient (Wildman–Crippen LogP) is 5.89. The number of hydroxylamine groups is 2. The molecule has 0 unspecified atom stereocenters. The van der Waals surface area contributed by atoms with Crippen LogP contribution in [-0.4, -0.2) is 24.4 Å². The van der Waals surface area contributed by atoms with Crippen molar-refractivity contribution in [3.05, 3.63) is 100 Å². The molecule has 0 atom stereocenters. The second kappa shape index (κ2) is 8.20. The molecule has 0 spiro atoms. The van der Waals surface area contributed by atoms with E-state index in [9.17, 15) is 13.6 Å². The van der Waals surface area contributed by atoms with E-state index in [0.29, 0.717) is 16.3 Å². The van der Waals surface area contributed by atoms with Gasteiger partial charge in [-0.3, -0.25) is 5.21 Å². The summed E-state index contributed by atoms with van der Waals surface area (Å²) in [5.74, 6) is 0. The minimum atomic E-state index is -3.99. The Morgan fingerprint density at radius 3 is 2.34 bits per heavy atom. The summed E-state index contributed by atoms with van der Waals surface area (Å²) < 4.78 is 30.3. The topological polar surface area (TPSA) is 70.0 Å². The summed E-state index contributed by atoms with van der Waals surface area (Å²) in [4.78, 5) is 0.0983. The molecule has 0 aromatic heterocycles. The Labute approximate surface area is 193 Å². The van der Waals surface area contributed by atoms with Crippen LogP contribution in [0.2, 0.25) is 0 Å². The third-order valence-corrected chi connectivity index (χ3v) is 6.83. The van der Waals surface area contributed by atoms with Gasteiger partial charge in [-0.05, 0) is 53.0 Å².